The molecule has 0 heterocycles. The fourth-order valence-corrected chi connectivity index (χ4v) is 0. The first kappa shape index (κ1) is 8.89. The molecule has 0 aromatic carbocycles. The van der Waals surface area contributed by atoms with Crippen molar-refractivity contribution in [1.29, 1.82) is 0 Å². The van der Waals surface area contributed by atoms with Crippen LogP contribution in [0.1, 0.15) is 0 Å². The molecule has 29 valence electrons. The number of nitrogens with one attached hydrogen (secondary N) is 1. The summed E-state index contributed by atoms with van der Waals surface area (Å²) in [6.45, 7) is 0. The van der Waals surface area contributed by atoms with E-state index in [1.807, 2.05) is 0 Å². The molecule has 4 heteroatoms. The Morgan fingerprint density at radius 1 is 1.80 bits per heavy atom. The van der Waals surface area contributed by atoms with Crippen molar-refractivity contribution in [2.24, 2.45) is 5.84 Å². The summed E-state index contributed by atoms with van der Waals surface area (Å²) in [4.78, 5) is 8.81. The van der Waals surface area contributed by atoms with E-state index in [1.54, 1.807) is 5.43 Å². The minimum absolute atomic E-state index is 0. The van der Waals surface area contributed by atoms with Gasteiger partial charge in [-0.1, -0.05) is 0 Å². The van der Waals surface area contributed by atoms with Gasteiger partial charge in [-0.05, 0) is 0 Å². The molecule has 1 amide bonds. The molecule has 0 aliphatic carbocycles. The molecule has 0 unspecified atom stereocenters. The van der Waals surface area contributed by atoms with Gasteiger partial charge < -0.3 is 10.2 Å². The molecule has 0 saturated heterocycles. The van der Waals surface area contributed by atoms with Crippen LogP contribution in [0.25, 0.3) is 0 Å². The zero-order valence-electron chi connectivity index (χ0n) is 2.43. The molecule has 0 aromatic rings. The Balaban J connectivity index is 0. The summed E-state index contributed by atoms with van der Waals surface area (Å²) in [5.41, 5.74) is 1.62. The Hall–Kier alpha value is 0.0144. The summed E-state index contributed by atoms with van der Waals surface area (Å²) in [7, 11) is 0. The minimum Gasteiger partial charge on any atom is -0.519 e. The van der Waals surface area contributed by atoms with Gasteiger partial charge >= 0.3 is 0 Å². The summed E-state index contributed by atoms with van der Waals surface area (Å²) >= 11 is 0. The third-order valence-electron chi connectivity index (χ3n) is 0.0589. The first-order chi connectivity index (χ1) is 1.91. The van der Waals surface area contributed by atoms with Crippen LogP contribution >= 0.6 is 0 Å². The largest absolute Gasteiger partial charge is 0.519 e. The van der Waals surface area contributed by atoms with Gasteiger partial charge in [0.2, 0.25) is 0 Å². The molecule has 3 N–H and O–H groups in total. The Labute approximate surface area is 41.8 Å². The van der Waals surface area contributed by atoms with Crippen LogP contribution in [0.4, 0.5) is 0 Å². The van der Waals surface area contributed by atoms with Crippen LogP contribution in [0.3, 0.4) is 0 Å². The summed E-state index contributed by atoms with van der Waals surface area (Å²) < 4.78 is 0. The van der Waals surface area contributed by atoms with Crippen molar-refractivity contribution in [3.8, 4) is 0 Å². The standard InChI is InChI=1S/CH3N2O.V/c2-3-1-4;/h2H2,(H,3,4);/q-1;. The average molecular weight is 110 g/mol. The zero-order chi connectivity index (χ0) is 3.41. The summed E-state index contributed by atoms with van der Waals surface area (Å²) in [5, 5.41) is 0. The Morgan fingerprint density at radius 2 is 2.00 bits per heavy atom. The number of hydrogen-bond acceptors (Lipinski definition) is 2. The summed E-state index contributed by atoms with van der Waals surface area (Å²) in [5.74, 6) is 4.35. The molecule has 0 rings (SSSR count). The van der Waals surface area contributed by atoms with E-state index in [2.05, 4.69) is 5.84 Å². The van der Waals surface area contributed by atoms with E-state index in [0.717, 1.165) is 0 Å². The number of hydrogen-bond donors (Lipinski definition) is 2. The van der Waals surface area contributed by atoms with Crippen molar-refractivity contribution in [2.75, 3.05) is 0 Å². The maximum absolute atomic E-state index is 8.81. The van der Waals surface area contributed by atoms with E-state index in [-0.39, 0.29) is 18.6 Å². The van der Waals surface area contributed by atoms with Gasteiger partial charge in [-0.15, -0.1) is 0 Å². The topological polar surface area (TPSA) is 55.1 Å². The van der Waals surface area contributed by atoms with Gasteiger partial charge in [0.15, 0.2) is 0 Å². The Kier molecular flexibility index (Phi) is 16.0. The normalized spacial score (nSPS) is 4.20. The van der Waals surface area contributed by atoms with E-state index >= 15 is 0 Å². The second kappa shape index (κ2) is 8.99. The van der Waals surface area contributed by atoms with Crippen LogP contribution in [0.5, 0.6) is 0 Å². The summed E-state index contributed by atoms with van der Waals surface area (Å²) in [6, 6.07) is 0. The van der Waals surface area contributed by atoms with Gasteiger partial charge in [-0.25, -0.2) is 0 Å². The van der Waals surface area contributed by atoms with Crippen molar-refractivity contribution >= 4 is 6.41 Å². The second-order valence-corrected chi connectivity index (χ2v) is 0.246. The number of rotatable bonds is 1. The van der Waals surface area contributed by atoms with Crippen molar-refractivity contribution in [3.63, 3.8) is 0 Å². The second-order valence-electron chi connectivity index (χ2n) is 0.246. The molecule has 0 aliphatic heterocycles. The van der Waals surface area contributed by atoms with Crippen molar-refractivity contribution in [1.82, 2.24) is 5.43 Å². The van der Waals surface area contributed by atoms with Crippen LogP contribution in [-0.4, -0.2) is 6.41 Å². The fraction of sp³-hybridized carbons (Fsp3) is 0. The Bertz CT molecular complexity index is 23.6. The van der Waals surface area contributed by atoms with Crippen LogP contribution in [-0.2, 0) is 23.4 Å². The maximum Gasteiger partial charge on any atom is 0 e. The van der Waals surface area contributed by atoms with E-state index < -0.39 is 0 Å². The molecule has 0 aromatic heterocycles. The number of hydrazine groups is 1. The van der Waals surface area contributed by atoms with E-state index in [1.165, 1.54) is 6.41 Å². The molecular formula is CH3N2OV-. The van der Waals surface area contributed by atoms with Gasteiger partial charge in [0, 0.05) is 18.6 Å². The summed E-state index contributed by atoms with van der Waals surface area (Å²) in [6.07, 6.45) is 1.21. The van der Waals surface area contributed by atoms with E-state index in [4.69, 9.17) is 4.79 Å². The van der Waals surface area contributed by atoms with Gasteiger partial charge in [0.05, 0.1) is 0 Å². The van der Waals surface area contributed by atoms with Gasteiger partial charge in [-0.2, -0.15) is 6.41 Å². The molecule has 0 fully saturated rings. The van der Waals surface area contributed by atoms with Crippen molar-refractivity contribution in [2.45, 2.75) is 0 Å². The molecule has 0 bridgehead atoms. The molecular weight excluding hydrogens is 107 g/mol. The molecule has 3 nitrogen and oxygen atoms in total. The fourth-order valence-electron chi connectivity index (χ4n) is 0. The third kappa shape index (κ3) is 15.8. The zero-order valence-corrected chi connectivity index (χ0v) is 3.83. The predicted octanol–water partition coefficient (Wildman–Crippen LogP) is -1.49. The van der Waals surface area contributed by atoms with Crippen molar-refractivity contribution < 1.29 is 23.4 Å². The number of nitrogens with two attached hydrogens (primary N) is 1. The third-order valence-corrected chi connectivity index (χ3v) is 0.0589. The van der Waals surface area contributed by atoms with Gasteiger partial charge in [0.25, 0.3) is 0 Å². The van der Waals surface area contributed by atoms with Crippen LogP contribution in [0.2, 0.25) is 0 Å². The van der Waals surface area contributed by atoms with Crippen LogP contribution in [0.15, 0.2) is 0 Å². The van der Waals surface area contributed by atoms with Crippen LogP contribution in [0, 0.1) is 0 Å². The molecule has 0 aliphatic rings. The molecule has 0 atom stereocenters. The predicted molar refractivity (Wildman–Crippen MR) is 13.0 cm³/mol. The van der Waals surface area contributed by atoms with Crippen LogP contribution < -0.4 is 11.3 Å². The SMILES string of the molecule is NN[C-]=O.[V]. The first-order valence-corrected chi connectivity index (χ1v) is 0.743. The monoisotopic (exact) mass is 110 g/mol. The molecule has 0 spiro atoms. The first-order valence-electron chi connectivity index (χ1n) is 0.743. The minimum atomic E-state index is 0. The smallest absolute Gasteiger partial charge is 0 e. The van der Waals surface area contributed by atoms with Gasteiger partial charge in [-0.3, -0.25) is 5.84 Å². The van der Waals surface area contributed by atoms with E-state index in [0.29, 0.717) is 0 Å². The average Bonchev–Trinajstić information content (AvgIpc) is 1.37. The molecule has 5 heavy (non-hydrogen) atoms. The number of carbonyl (C=O) groups excluding carboxylic acids is 1. The molecule has 1 radical (unpaired) electrons. The maximum atomic E-state index is 8.81. The van der Waals surface area contributed by atoms with E-state index in [9.17, 15) is 0 Å². The quantitative estimate of drug-likeness (QED) is 0.142. The van der Waals surface area contributed by atoms with Gasteiger partial charge in [0.1, 0.15) is 0 Å². The number of amides is 1. The van der Waals surface area contributed by atoms with Crippen molar-refractivity contribution in [3.05, 3.63) is 0 Å². The Morgan fingerprint density at radius 3 is 2.00 bits per heavy atom. The molecule has 0 saturated carbocycles.